The Kier molecular flexibility index (Phi) is 6.56. The number of hydrogen-bond donors (Lipinski definition) is 1. The summed E-state index contributed by atoms with van der Waals surface area (Å²) in [6, 6.07) is 5.50. The molecule has 1 aliphatic carbocycles. The predicted molar refractivity (Wildman–Crippen MR) is 102 cm³/mol. The number of alkyl halides is 3. The van der Waals surface area contributed by atoms with E-state index in [2.05, 4.69) is 5.32 Å². The second-order valence-corrected chi connectivity index (χ2v) is 7.89. The van der Waals surface area contributed by atoms with E-state index in [1.165, 1.54) is 6.07 Å². The van der Waals surface area contributed by atoms with Gasteiger partial charge in [-0.25, -0.2) is 4.39 Å². The van der Waals surface area contributed by atoms with Gasteiger partial charge in [0.2, 0.25) is 5.91 Å². The van der Waals surface area contributed by atoms with Crippen LogP contribution < -0.4 is 10.2 Å². The zero-order valence-corrected chi connectivity index (χ0v) is 16.2. The Labute approximate surface area is 169 Å². The van der Waals surface area contributed by atoms with Gasteiger partial charge < -0.3 is 5.32 Å². The van der Waals surface area contributed by atoms with Crippen LogP contribution in [0, 0.1) is 5.82 Å². The minimum absolute atomic E-state index is 0.144. The summed E-state index contributed by atoms with van der Waals surface area (Å²) in [4.78, 5) is 26.1. The number of anilines is 1. The zero-order valence-electron chi connectivity index (χ0n) is 15.4. The fourth-order valence-corrected chi connectivity index (χ4v) is 4.28. The van der Waals surface area contributed by atoms with Crippen LogP contribution in [0.25, 0.3) is 0 Å². The first-order valence-corrected chi connectivity index (χ1v) is 10.1. The lowest BCUT2D eigenvalue weighted by Gasteiger charge is -2.33. The number of carbonyl (C=O) groups is 2. The normalized spacial score (nSPS) is 16.3. The maximum absolute atomic E-state index is 13.4. The Morgan fingerprint density at radius 2 is 1.72 bits per heavy atom. The van der Waals surface area contributed by atoms with E-state index in [1.54, 1.807) is 11.4 Å². The van der Waals surface area contributed by atoms with E-state index in [9.17, 15) is 27.2 Å². The van der Waals surface area contributed by atoms with Gasteiger partial charge in [0.05, 0.1) is 0 Å². The highest BCUT2D eigenvalue weighted by atomic mass is 32.1. The molecule has 0 saturated heterocycles. The summed E-state index contributed by atoms with van der Waals surface area (Å²) in [5.74, 6) is -3.52. The lowest BCUT2D eigenvalue weighted by Crippen LogP contribution is -2.50. The van der Waals surface area contributed by atoms with Crippen LogP contribution in [-0.4, -0.2) is 24.0 Å². The molecule has 1 heterocycles. The van der Waals surface area contributed by atoms with Gasteiger partial charge in [0, 0.05) is 16.6 Å². The van der Waals surface area contributed by atoms with Gasteiger partial charge in [-0.05, 0) is 48.6 Å². The van der Waals surface area contributed by atoms with Gasteiger partial charge in [0.1, 0.15) is 5.82 Å². The van der Waals surface area contributed by atoms with Crippen LogP contribution in [-0.2, 0) is 9.59 Å². The first-order valence-electron chi connectivity index (χ1n) is 9.27. The number of halogens is 4. The molecule has 0 bridgehead atoms. The third-order valence-corrected chi connectivity index (χ3v) is 5.76. The molecule has 1 aliphatic rings. The third-order valence-electron chi connectivity index (χ3n) is 4.84. The molecule has 0 aliphatic heterocycles. The van der Waals surface area contributed by atoms with Crippen LogP contribution >= 0.6 is 11.3 Å². The van der Waals surface area contributed by atoms with E-state index >= 15 is 0 Å². The molecule has 29 heavy (non-hydrogen) atoms. The molecule has 1 fully saturated rings. The molecule has 1 aromatic heterocycles. The summed E-state index contributed by atoms with van der Waals surface area (Å²) in [5, 5.41) is 4.43. The first-order chi connectivity index (χ1) is 13.8. The highest BCUT2D eigenvalue weighted by Crippen LogP contribution is 2.35. The van der Waals surface area contributed by atoms with Gasteiger partial charge in [-0.2, -0.15) is 13.2 Å². The van der Waals surface area contributed by atoms with Crippen molar-refractivity contribution in [2.75, 3.05) is 4.90 Å². The predicted octanol–water partition coefficient (Wildman–Crippen LogP) is 4.97. The molecule has 3 rings (SSSR count). The largest absolute Gasteiger partial charge is 0.471 e. The number of carbonyl (C=O) groups excluding carboxylic acids is 2. The van der Waals surface area contributed by atoms with E-state index in [1.807, 2.05) is 0 Å². The van der Waals surface area contributed by atoms with Crippen molar-refractivity contribution in [3.05, 3.63) is 52.5 Å². The Morgan fingerprint density at radius 3 is 2.28 bits per heavy atom. The van der Waals surface area contributed by atoms with Crippen molar-refractivity contribution < 1.29 is 27.2 Å². The fourth-order valence-electron chi connectivity index (χ4n) is 3.47. The molecule has 2 aromatic rings. The molecular weight excluding hydrogens is 408 g/mol. The highest BCUT2D eigenvalue weighted by Gasteiger charge is 2.47. The maximum atomic E-state index is 13.4. The van der Waals surface area contributed by atoms with E-state index in [0.717, 1.165) is 67.7 Å². The van der Waals surface area contributed by atoms with Crippen LogP contribution in [0.2, 0.25) is 0 Å². The van der Waals surface area contributed by atoms with Gasteiger partial charge >= 0.3 is 12.1 Å². The summed E-state index contributed by atoms with van der Waals surface area (Å²) in [6.07, 6.45) is -0.807. The molecule has 0 spiro atoms. The number of rotatable bonds is 5. The standard InChI is InChI=1S/C20H20F4N2O2S/c21-13-8-10-15(11-9-13)26(19(28)20(22,23)24)17(16-7-4-12-29-16)18(27)25-14-5-2-1-3-6-14/h4,7-12,14,17H,1-3,5-6H2,(H,25,27). The average molecular weight is 428 g/mol. The number of nitrogens with zero attached hydrogens (tertiary/aromatic N) is 1. The van der Waals surface area contributed by atoms with Crippen molar-refractivity contribution in [1.82, 2.24) is 5.32 Å². The molecule has 2 amide bonds. The lowest BCUT2D eigenvalue weighted by atomic mass is 9.95. The topological polar surface area (TPSA) is 49.4 Å². The van der Waals surface area contributed by atoms with Crippen molar-refractivity contribution in [3.8, 4) is 0 Å². The SMILES string of the molecule is O=C(NC1CCCCC1)C(c1cccs1)N(C(=O)C(F)(F)F)c1ccc(F)cc1. The Morgan fingerprint density at radius 1 is 1.07 bits per heavy atom. The number of hydrogen-bond acceptors (Lipinski definition) is 3. The Balaban J connectivity index is 2.01. The quantitative estimate of drug-likeness (QED) is 0.684. The molecule has 1 N–H and O–H groups in total. The fraction of sp³-hybridized carbons (Fsp3) is 0.400. The molecule has 4 nitrogen and oxygen atoms in total. The molecule has 1 atom stereocenters. The molecule has 1 unspecified atom stereocenters. The van der Waals surface area contributed by atoms with Crippen LogP contribution in [0.4, 0.5) is 23.2 Å². The van der Waals surface area contributed by atoms with Crippen molar-refractivity contribution in [2.45, 2.75) is 50.4 Å². The highest BCUT2D eigenvalue weighted by molar-refractivity contribution is 7.10. The van der Waals surface area contributed by atoms with Gasteiger partial charge in [-0.15, -0.1) is 11.3 Å². The second kappa shape index (κ2) is 8.94. The minimum atomic E-state index is -5.20. The van der Waals surface area contributed by atoms with Crippen molar-refractivity contribution in [3.63, 3.8) is 0 Å². The van der Waals surface area contributed by atoms with Gasteiger partial charge in [0.15, 0.2) is 6.04 Å². The second-order valence-electron chi connectivity index (χ2n) is 6.91. The van der Waals surface area contributed by atoms with E-state index < -0.39 is 29.8 Å². The average Bonchev–Trinajstić information content (AvgIpc) is 3.20. The smallest absolute Gasteiger partial charge is 0.351 e. The first kappa shape index (κ1) is 21.3. The van der Waals surface area contributed by atoms with Gasteiger partial charge in [-0.3, -0.25) is 14.5 Å². The maximum Gasteiger partial charge on any atom is 0.471 e. The third kappa shape index (κ3) is 5.14. The van der Waals surface area contributed by atoms with Crippen LogP contribution in [0.15, 0.2) is 41.8 Å². The number of thiophene rings is 1. The summed E-state index contributed by atoms with van der Waals surface area (Å²) in [7, 11) is 0. The summed E-state index contributed by atoms with van der Waals surface area (Å²) in [6.45, 7) is 0. The molecular formula is C20H20F4N2O2S. The van der Waals surface area contributed by atoms with Gasteiger partial charge in [-0.1, -0.05) is 25.3 Å². The molecule has 0 radical (unpaired) electrons. The lowest BCUT2D eigenvalue weighted by molar-refractivity contribution is -0.171. The molecule has 156 valence electrons. The van der Waals surface area contributed by atoms with E-state index in [-0.39, 0.29) is 11.7 Å². The summed E-state index contributed by atoms with van der Waals surface area (Å²) >= 11 is 1.08. The molecule has 1 saturated carbocycles. The molecule has 1 aromatic carbocycles. The summed E-state index contributed by atoms with van der Waals surface area (Å²) < 4.78 is 53.5. The van der Waals surface area contributed by atoms with Crippen LogP contribution in [0.5, 0.6) is 0 Å². The van der Waals surface area contributed by atoms with Crippen molar-refractivity contribution in [2.24, 2.45) is 0 Å². The number of benzene rings is 1. The Hall–Kier alpha value is -2.42. The van der Waals surface area contributed by atoms with Crippen LogP contribution in [0.1, 0.15) is 43.0 Å². The minimum Gasteiger partial charge on any atom is -0.351 e. The molecule has 9 heteroatoms. The summed E-state index contributed by atoms with van der Waals surface area (Å²) in [5.41, 5.74) is -0.203. The van der Waals surface area contributed by atoms with E-state index in [4.69, 9.17) is 0 Å². The van der Waals surface area contributed by atoms with Crippen molar-refractivity contribution in [1.29, 1.82) is 0 Å². The number of nitrogens with one attached hydrogen (secondary N) is 1. The van der Waals surface area contributed by atoms with Gasteiger partial charge in [0.25, 0.3) is 0 Å². The van der Waals surface area contributed by atoms with E-state index in [0.29, 0.717) is 9.78 Å². The Bertz CT molecular complexity index is 831. The van der Waals surface area contributed by atoms with Crippen molar-refractivity contribution >= 4 is 28.8 Å². The monoisotopic (exact) mass is 428 g/mol. The van der Waals surface area contributed by atoms with Crippen LogP contribution in [0.3, 0.4) is 0 Å². The zero-order chi connectivity index (χ0) is 21.0. The number of amides is 2.